The van der Waals surface area contributed by atoms with Crippen molar-refractivity contribution in [1.29, 1.82) is 0 Å². The van der Waals surface area contributed by atoms with E-state index in [1.165, 1.54) is 12.1 Å². The number of carboxylic acid groups (broad SMARTS) is 1. The van der Waals surface area contributed by atoms with E-state index in [1.807, 2.05) is 12.1 Å². The molecule has 3 aromatic rings. The van der Waals surface area contributed by atoms with E-state index in [4.69, 9.17) is 16.7 Å². The summed E-state index contributed by atoms with van der Waals surface area (Å²) in [6.45, 7) is 1.79. The predicted molar refractivity (Wildman–Crippen MR) is 98.2 cm³/mol. The molecule has 0 fully saturated rings. The summed E-state index contributed by atoms with van der Waals surface area (Å²) in [7, 11) is 0. The van der Waals surface area contributed by atoms with Crippen molar-refractivity contribution in [3.8, 4) is 0 Å². The van der Waals surface area contributed by atoms with E-state index in [1.54, 1.807) is 37.3 Å². The van der Waals surface area contributed by atoms with Gasteiger partial charge in [-0.3, -0.25) is 0 Å². The predicted octanol–water partition coefficient (Wildman–Crippen LogP) is 4.62. The molecule has 25 heavy (non-hydrogen) atoms. The molecular formula is C18H15ClN4O2. The smallest absolute Gasteiger partial charge is 0.335 e. The zero-order chi connectivity index (χ0) is 17.8. The Bertz CT molecular complexity index is 913. The number of carboxylic acids is 1. The van der Waals surface area contributed by atoms with Gasteiger partial charge in [0, 0.05) is 22.5 Å². The summed E-state index contributed by atoms with van der Waals surface area (Å²) >= 11 is 5.99. The molecule has 1 aromatic heterocycles. The molecule has 3 rings (SSSR count). The van der Waals surface area contributed by atoms with Crippen molar-refractivity contribution in [2.24, 2.45) is 0 Å². The number of aromatic carboxylic acids is 1. The molecule has 0 aliphatic carbocycles. The van der Waals surface area contributed by atoms with Crippen LogP contribution in [0.1, 0.15) is 16.2 Å². The molecule has 0 aliphatic heterocycles. The van der Waals surface area contributed by atoms with Crippen LogP contribution in [-0.4, -0.2) is 21.0 Å². The fraction of sp³-hybridized carbons (Fsp3) is 0.0556. The van der Waals surface area contributed by atoms with Gasteiger partial charge in [0.05, 0.1) is 5.56 Å². The van der Waals surface area contributed by atoms with E-state index in [0.29, 0.717) is 22.5 Å². The molecule has 3 N–H and O–H groups in total. The zero-order valence-electron chi connectivity index (χ0n) is 13.3. The van der Waals surface area contributed by atoms with Gasteiger partial charge >= 0.3 is 5.97 Å². The Kier molecular flexibility index (Phi) is 4.81. The summed E-state index contributed by atoms with van der Waals surface area (Å²) in [6, 6.07) is 15.5. The van der Waals surface area contributed by atoms with Crippen LogP contribution in [0.3, 0.4) is 0 Å². The van der Waals surface area contributed by atoms with Crippen molar-refractivity contribution >= 4 is 40.6 Å². The molecule has 0 aliphatic rings. The minimum Gasteiger partial charge on any atom is -0.478 e. The monoisotopic (exact) mass is 354 g/mol. The summed E-state index contributed by atoms with van der Waals surface area (Å²) in [5.74, 6) is 0.855. The summed E-state index contributed by atoms with van der Waals surface area (Å²) in [5, 5.41) is 15.9. The maximum atomic E-state index is 10.9. The Labute approximate surface area is 149 Å². The summed E-state index contributed by atoms with van der Waals surface area (Å²) in [6.07, 6.45) is 0. The SMILES string of the molecule is Cc1nc(Nc2ccc(C(=O)O)cc2)cc(Nc2cccc(Cl)c2)n1. The minimum atomic E-state index is -0.961. The van der Waals surface area contributed by atoms with Crippen LogP contribution in [0.4, 0.5) is 23.0 Å². The van der Waals surface area contributed by atoms with E-state index >= 15 is 0 Å². The van der Waals surface area contributed by atoms with Gasteiger partial charge in [-0.05, 0) is 49.4 Å². The lowest BCUT2D eigenvalue weighted by Crippen LogP contribution is -2.02. The van der Waals surface area contributed by atoms with Crippen molar-refractivity contribution in [2.45, 2.75) is 6.92 Å². The highest BCUT2D eigenvalue weighted by Crippen LogP contribution is 2.22. The standard InChI is InChI=1S/C18H15ClN4O2/c1-11-20-16(22-14-7-5-12(6-8-14)18(24)25)10-17(21-11)23-15-4-2-3-13(19)9-15/h2-10H,1H3,(H,24,25)(H2,20,21,22,23). The van der Waals surface area contributed by atoms with Crippen LogP contribution in [-0.2, 0) is 0 Å². The molecule has 0 radical (unpaired) electrons. The highest BCUT2D eigenvalue weighted by molar-refractivity contribution is 6.30. The molecule has 2 aromatic carbocycles. The number of nitrogens with one attached hydrogen (secondary N) is 2. The highest BCUT2D eigenvalue weighted by atomic mass is 35.5. The fourth-order valence-electron chi connectivity index (χ4n) is 2.25. The third kappa shape index (κ3) is 4.45. The van der Waals surface area contributed by atoms with E-state index in [2.05, 4.69) is 20.6 Å². The van der Waals surface area contributed by atoms with Crippen LogP contribution < -0.4 is 10.6 Å². The third-order valence-corrected chi connectivity index (χ3v) is 3.57. The number of carbonyl (C=O) groups is 1. The van der Waals surface area contributed by atoms with Crippen molar-refractivity contribution in [3.63, 3.8) is 0 Å². The second-order valence-corrected chi connectivity index (χ2v) is 5.76. The average Bonchev–Trinajstić information content (AvgIpc) is 2.54. The fourth-order valence-corrected chi connectivity index (χ4v) is 2.44. The molecule has 0 spiro atoms. The van der Waals surface area contributed by atoms with E-state index < -0.39 is 5.97 Å². The van der Waals surface area contributed by atoms with Crippen LogP contribution in [0.5, 0.6) is 0 Å². The number of anilines is 4. The normalized spacial score (nSPS) is 10.3. The second-order valence-electron chi connectivity index (χ2n) is 5.33. The summed E-state index contributed by atoms with van der Waals surface area (Å²) in [5.41, 5.74) is 1.78. The number of hydrogen-bond acceptors (Lipinski definition) is 5. The van der Waals surface area contributed by atoms with Gasteiger partial charge in [0.2, 0.25) is 0 Å². The lowest BCUT2D eigenvalue weighted by Gasteiger charge is -2.10. The average molecular weight is 355 g/mol. The number of rotatable bonds is 5. The molecule has 0 atom stereocenters. The van der Waals surface area contributed by atoms with E-state index in [-0.39, 0.29) is 5.56 Å². The van der Waals surface area contributed by atoms with E-state index in [0.717, 1.165) is 11.4 Å². The second kappa shape index (κ2) is 7.19. The molecule has 1 heterocycles. The first-order valence-corrected chi connectivity index (χ1v) is 7.86. The number of halogens is 1. The zero-order valence-corrected chi connectivity index (χ0v) is 14.1. The number of nitrogens with zero attached hydrogens (tertiary/aromatic N) is 2. The van der Waals surface area contributed by atoms with Crippen LogP contribution in [0.2, 0.25) is 5.02 Å². The Morgan fingerprint density at radius 1 is 0.960 bits per heavy atom. The van der Waals surface area contributed by atoms with Crippen molar-refractivity contribution in [1.82, 2.24) is 9.97 Å². The van der Waals surface area contributed by atoms with E-state index in [9.17, 15) is 4.79 Å². The molecule has 0 saturated carbocycles. The molecule has 126 valence electrons. The largest absolute Gasteiger partial charge is 0.478 e. The van der Waals surface area contributed by atoms with Crippen LogP contribution in [0, 0.1) is 6.92 Å². The lowest BCUT2D eigenvalue weighted by molar-refractivity contribution is 0.0697. The van der Waals surface area contributed by atoms with Gasteiger partial charge in [-0.25, -0.2) is 14.8 Å². The number of aromatic nitrogens is 2. The van der Waals surface area contributed by atoms with Crippen LogP contribution >= 0.6 is 11.6 Å². The van der Waals surface area contributed by atoms with Crippen molar-refractivity contribution in [3.05, 3.63) is 71.0 Å². The highest BCUT2D eigenvalue weighted by Gasteiger charge is 2.05. The summed E-state index contributed by atoms with van der Waals surface area (Å²) < 4.78 is 0. The Hall–Kier alpha value is -3.12. The Balaban J connectivity index is 1.80. The van der Waals surface area contributed by atoms with Gasteiger partial charge in [-0.1, -0.05) is 17.7 Å². The maximum absolute atomic E-state index is 10.9. The van der Waals surface area contributed by atoms with Crippen molar-refractivity contribution in [2.75, 3.05) is 10.6 Å². The first-order valence-electron chi connectivity index (χ1n) is 7.48. The van der Waals surface area contributed by atoms with Crippen LogP contribution in [0.25, 0.3) is 0 Å². The van der Waals surface area contributed by atoms with Crippen molar-refractivity contribution < 1.29 is 9.90 Å². The number of benzene rings is 2. The first-order chi connectivity index (χ1) is 12.0. The van der Waals surface area contributed by atoms with Gasteiger partial charge in [0.1, 0.15) is 17.5 Å². The van der Waals surface area contributed by atoms with Gasteiger partial charge in [-0.15, -0.1) is 0 Å². The topological polar surface area (TPSA) is 87.1 Å². The first kappa shape index (κ1) is 16.7. The molecule has 0 amide bonds. The number of hydrogen-bond donors (Lipinski definition) is 3. The third-order valence-electron chi connectivity index (χ3n) is 3.34. The maximum Gasteiger partial charge on any atom is 0.335 e. The summed E-state index contributed by atoms with van der Waals surface area (Å²) in [4.78, 5) is 19.6. The molecule has 0 unspecified atom stereocenters. The quantitative estimate of drug-likeness (QED) is 0.619. The van der Waals surface area contributed by atoms with Gasteiger partial charge in [0.15, 0.2) is 0 Å². The molecule has 7 heteroatoms. The van der Waals surface area contributed by atoms with Crippen LogP contribution in [0.15, 0.2) is 54.6 Å². The molecule has 6 nitrogen and oxygen atoms in total. The Morgan fingerprint density at radius 3 is 2.20 bits per heavy atom. The van der Waals surface area contributed by atoms with Gasteiger partial charge < -0.3 is 15.7 Å². The molecule has 0 saturated heterocycles. The van der Waals surface area contributed by atoms with Gasteiger partial charge in [0.25, 0.3) is 0 Å². The number of aryl methyl sites for hydroxylation is 1. The Morgan fingerprint density at radius 2 is 1.60 bits per heavy atom. The molecular weight excluding hydrogens is 340 g/mol. The molecule has 0 bridgehead atoms. The van der Waals surface area contributed by atoms with Gasteiger partial charge in [-0.2, -0.15) is 0 Å². The minimum absolute atomic E-state index is 0.229. The lowest BCUT2D eigenvalue weighted by atomic mass is 10.2.